The summed E-state index contributed by atoms with van der Waals surface area (Å²) < 4.78 is 3.86. The number of hydrogen-bond donors (Lipinski definition) is 1. The predicted molar refractivity (Wildman–Crippen MR) is 23.7 cm³/mol. The quantitative estimate of drug-likeness (QED) is 0.517. The van der Waals surface area contributed by atoms with Crippen molar-refractivity contribution in [3.8, 4) is 0 Å². The number of rotatable bonds is 2. The lowest BCUT2D eigenvalue weighted by atomic mass is 10.5. The van der Waals surface area contributed by atoms with Crippen molar-refractivity contribution in [2.45, 2.75) is 13.0 Å². The molecule has 0 aliphatic heterocycles. The molecule has 4 heteroatoms. The summed E-state index contributed by atoms with van der Waals surface area (Å²) in [7, 11) is 0. The molecule has 0 amide bonds. The topological polar surface area (TPSA) is 66.4 Å². The van der Waals surface area contributed by atoms with Gasteiger partial charge in [-0.25, -0.2) is 0 Å². The first-order valence-corrected chi connectivity index (χ1v) is 2.14. The number of aliphatic hydroxyl groups is 1. The number of ether oxygens (including phenoxy) is 1. The number of carbonyl (C=O) groups excluding carboxylic acids is 1. The molecule has 47 valence electrons. The highest BCUT2D eigenvalue weighted by atomic mass is 16.7. The molecular formula is C4H7O4. The number of hydrogen-bond acceptors (Lipinski definition) is 3. The minimum absolute atomic E-state index is 0.220. The van der Waals surface area contributed by atoms with Crippen LogP contribution in [0.25, 0.3) is 0 Å². The van der Waals surface area contributed by atoms with Crippen molar-refractivity contribution in [2.24, 2.45) is 0 Å². The number of aliphatic hydroxyl groups excluding tert-OH is 1. The van der Waals surface area contributed by atoms with Crippen LogP contribution in [0, 0.1) is 0 Å². The molecule has 0 aromatic rings. The summed E-state index contributed by atoms with van der Waals surface area (Å²) in [5, 5.41) is 17.8. The Hall–Kier alpha value is -0.770. The van der Waals surface area contributed by atoms with E-state index in [1.54, 1.807) is 0 Å². The second-order valence-electron chi connectivity index (χ2n) is 1.41. The molecule has 1 N–H and O–H groups in total. The van der Waals surface area contributed by atoms with E-state index in [0.29, 0.717) is 0 Å². The molecule has 0 spiro atoms. The molecule has 0 aromatic carbocycles. The van der Waals surface area contributed by atoms with Gasteiger partial charge < -0.3 is 9.84 Å². The average Bonchev–Trinajstić information content (AvgIpc) is 1.61. The van der Waals surface area contributed by atoms with E-state index in [2.05, 4.69) is 4.74 Å². The van der Waals surface area contributed by atoms with E-state index in [4.69, 9.17) is 5.11 Å². The molecule has 4 nitrogen and oxygen atoms in total. The van der Waals surface area contributed by atoms with E-state index >= 15 is 0 Å². The van der Waals surface area contributed by atoms with Crippen LogP contribution in [0.2, 0.25) is 0 Å². The molecule has 1 unspecified atom stereocenters. The van der Waals surface area contributed by atoms with Crippen molar-refractivity contribution in [3.05, 3.63) is 0 Å². The van der Waals surface area contributed by atoms with Gasteiger partial charge >= 0.3 is 6.16 Å². The van der Waals surface area contributed by atoms with Crippen LogP contribution in [-0.2, 0) is 9.84 Å². The van der Waals surface area contributed by atoms with E-state index < -0.39 is 12.3 Å². The Labute approximate surface area is 46.7 Å². The van der Waals surface area contributed by atoms with Crippen LogP contribution in [0.15, 0.2) is 0 Å². The van der Waals surface area contributed by atoms with Crippen LogP contribution in [0.1, 0.15) is 6.92 Å². The van der Waals surface area contributed by atoms with Gasteiger partial charge in [0.2, 0.25) is 0 Å². The Balaban J connectivity index is 3.05. The lowest BCUT2D eigenvalue weighted by Crippen LogP contribution is -2.12. The highest BCUT2D eigenvalue weighted by molar-refractivity contribution is 5.56. The maximum atomic E-state index is 9.46. The highest BCUT2D eigenvalue weighted by Gasteiger charge is 2.00. The van der Waals surface area contributed by atoms with Crippen LogP contribution in [0.3, 0.4) is 0 Å². The first kappa shape index (κ1) is 7.23. The van der Waals surface area contributed by atoms with E-state index in [1.165, 1.54) is 6.92 Å². The third-order valence-corrected chi connectivity index (χ3v) is 0.442. The highest BCUT2D eigenvalue weighted by Crippen LogP contribution is 1.82. The van der Waals surface area contributed by atoms with Crippen LogP contribution in [-0.4, -0.2) is 24.0 Å². The molecule has 0 fully saturated rings. The van der Waals surface area contributed by atoms with Crippen molar-refractivity contribution in [2.75, 3.05) is 6.61 Å². The molecule has 0 saturated heterocycles. The molecule has 0 rings (SSSR count). The molecular weight excluding hydrogens is 112 g/mol. The minimum atomic E-state index is -1.61. The predicted octanol–water partition coefficient (Wildman–Crippen LogP) is -0.0657. The zero-order valence-corrected chi connectivity index (χ0v) is 4.46. The third-order valence-electron chi connectivity index (χ3n) is 0.442. The SMILES string of the molecule is CC(O)COC([O])=O. The first-order valence-electron chi connectivity index (χ1n) is 2.14. The van der Waals surface area contributed by atoms with Gasteiger partial charge in [0.25, 0.3) is 0 Å². The van der Waals surface area contributed by atoms with Gasteiger partial charge in [-0.2, -0.15) is 9.90 Å². The van der Waals surface area contributed by atoms with Crippen molar-refractivity contribution in [3.63, 3.8) is 0 Å². The fourth-order valence-electron chi connectivity index (χ4n) is 0.189. The van der Waals surface area contributed by atoms with Gasteiger partial charge in [0.1, 0.15) is 6.61 Å². The van der Waals surface area contributed by atoms with Gasteiger partial charge in [0.05, 0.1) is 6.10 Å². The maximum absolute atomic E-state index is 9.46. The molecule has 1 radical (unpaired) electrons. The Morgan fingerprint density at radius 2 is 2.38 bits per heavy atom. The molecule has 0 aliphatic rings. The van der Waals surface area contributed by atoms with Gasteiger partial charge in [-0.15, -0.1) is 0 Å². The molecule has 1 atom stereocenters. The lowest BCUT2D eigenvalue weighted by Gasteiger charge is -1.99. The van der Waals surface area contributed by atoms with Crippen molar-refractivity contribution >= 4 is 6.16 Å². The summed E-state index contributed by atoms with van der Waals surface area (Å²) in [6, 6.07) is 0. The van der Waals surface area contributed by atoms with Crippen LogP contribution >= 0.6 is 0 Å². The Kier molecular flexibility index (Phi) is 2.95. The Morgan fingerprint density at radius 1 is 1.88 bits per heavy atom. The summed E-state index contributed by atoms with van der Waals surface area (Å²) in [6.07, 6.45) is -2.36. The second kappa shape index (κ2) is 3.26. The van der Waals surface area contributed by atoms with Crippen molar-refractivity contribution < 1.29 is 19.7 Å². The summed E-state index contributed by atoms with van der Waals surface area (Å²) in [5.74, 6) is 0. The average molecular weight is 119 g/mol. The Morgan fingerprint density at radius 3 is 2.50 bits per heavy atom. The zero-order valence-electron chi connectivity index (χ0n) is 4.46. The molecule has 8 heavy (non-hydrogen) atoms. The monoisotopic (exact) mass is 119 g/mol. The summed E-state index contributed by atoms with van der Waals surface area (Å²) in [5.41, 5.74) is 0. The van der Waals surface area contributed by atoms with Crippen molar-refractivity contribution in [1.29, 1.82) is 0 Å². The standard InChI is InChI=1S/C4H7O4/c1-3(5)2-8-4(6)7/h3,5H,2H2,1H3. The molecule has 0 heterocycles. The molecule has 0 aromatic heterocycles. The third kappa shape index (κ3) is 5.23. The van der Waals surface area contributed by atoms with E-state index in [-0.39, 0.29) is 6.61 Å². The zero-order chi connectivity index (χ0) is 6.57. The van der Waals surface area contributed by atoms with E-state index in [1.807, 2.05) is 0 Å². The van der Waals surface area contributed by atoms with Gasteiger partial charge in [-0.1, -0.05) is 0 Å². The smallest absolute Gasteiger partial charge is 0.429 e. The molecule has 0 aliphatic carbocycles. The van der Waals surface area contributed by atoms with E-state index in [9.17, 15) is 9.90 Å². The minimum Gasteiger partial charge on any atom is -0.429 e. The van der Waals surface area contributed by atoms with Gasteiger partial charge in [-0.05, 0) is 6.92 Å². The van der Waals surface area contributed by atoms with Gasteiger partial charge in [0.15, 0.2) is 0 Å². The van der Waals surface area contributed by atoms with Crippen LogP contribution < -0.4 is 0 Å². The molecule has 0 saturated carbocycles. The van der Waals surface area contributed by atoms with Crippen LogP contribution in [0.5, 0.6) is 0 Å². The second-order valence-corrected chi connectivity index (χ2v) is 1.41. The van der Waals surface area contributed by atoms with Crippen molar-refractivity contribution in [1.82, 2.24) is 0 Å². The van der Waals surface area contributed by atoms with Gasteiger partial charge in [-0.3, -0.25) is 0 Å². The molecule has 0 bridgehead atoms. The maximum Gasteiger partial charge on any atom is 0.550 e. The normalized spacial score (nSPS) is 12.8. The largest absolute Gasteiger partial charge is 0.550 e. The van der Waals surface area contributed by atoms with Gasteiger partial charge in [0, 0.05) is 0 Å². The lowest BCUT2D eigenvalue weighted by molar-refractivity contribution is 0.0311. The first-order chi connectivity index (χ1) is 3.63. The van der Waals surface area contributed by atoms with Crippen LogP contribution in [0.4, 0.5) is 4.79 Å². The van der Waals surface area contributed by atoms with E-state index in [0.717, 1.165) is 0 Å². The fourth-order valence-corrected chi connectivity index (χ4v) is 0.189. The summed E-state index contributed by atoms with van der Waals surface area (Å²) in [4.78, 5) is 9.46. The summed E-state index contributed by atoms with van der Waals surface area (Å²) in [6.45, 7) is 1.20. The fraction of sp³-hybridized carbons (Fsp3) is 0.750. The number of carbonyl (C=O) groups is 1. The Bertz CT molecular complexity index is 78.1. The summed E-state index contributed by atoms with van der Waals surface area (Å²) >= 11 is 0.